The Labute approximate surface area is 113 Å². The molecule has 0 radical (unpaired) electrons. The molecule has 5 nitrogen and oxygen atoms in total. The molecule has 19 heavy (non-hydrogen) atoms. The van der Waals surface area contributed by atoms with Crippen LogP contribution in [-0.4, -0.2) is 32.0 Å². The van der Waals surface area contributed by atoms with Crippen molar-refractivity contribution in [3.05, 3.63) is 28.8 Å². The molecule has 0 aliphatic carbocycles. The van der Waals surface area contributed by atoms with Crippen LogP contribution in [0.1, 0.15) is 16.7 Å². The molecule has 0 atom stereocenters. The summed E-state index contributed by atoms with van der Waals surface area (Å²) in [4.78, 5) is 22.8. The summed E-state index contributed by atoms with van der Waals surface area (Å²) in [5, 5.41) is 8.13. The van der Waals surface area contributed by atoms with Crippen LogP contribution < -0.4 is 16.0 Å². The van der Waals surface area contributed by atoms with Crippen LogP contribution >= 0.6 is 0 Å². The highest BCUT2D eigenvalue weighted by molar-refractivity contribution is 5.94. The van der Waals surface area contributed by atoms with Crippen molar-refractivity contribution in [1.82, 2.24) is 10.6 Å². The highest BCUT2D eigenvalue weighted by Crippen LogP contribution is 2.21. The van der Waals surface area contributed by atoms with Crippen LogP contribution in [-0.2, 0) is 9.59 Å². The van der Waals surface area contributed by atoms with Crippen molar-refractivity contribution in [1.29, 1.82) is 0 Å². The van der Waals surface area contributed by atoms with Crippen LogP contribution in [0, 0.1) is 20.8 Å². The van der Waals surface area contributed by atoms with Gasteiger partial charge in [0.1, 0.15) is 0 Å². The molecule has 1 aromatic rings. The number of amides is 2. The van der Waals surface area contributed by atoms with Gasteiger partial charge in [0.2, 0.25) is 11.8 Å². The lowest BCUT2D eigenvalue weighted by molar-refractivity contribution is -0.119. The van der Waals surface area contributed by atoms with Crippen LogP contribution in [0.15, 0.2) is 12.1 Å². The minimum absolute atomic E-state index is 0.111. The minimum Gasteiger partial charge on any atom is -0.358 e. The lowest BCUT2D eigenvalue weighted by Crippen LogP contribution is -2.36. The average Bonchev–Trinajstić information content (AvgIpc) is 2.33. The lowest BCUT2D eigenvalue weighted by atomic mass is 10.1. The van der Waals surface area contributed by atoms with E-state index < -0.39 is 0 Å². The molecule has 2 amide bonds. The van der Waals surface area contributed by atoms with Crippen molar-refractivity contribution in [3.8, 4) is 0 Å². The predicted octanol–water partition coefficient (Wildman–Crippen LogP) is 0.886. The third-order valence-electron chi connectivity index (χ3n) is 2.79. The molecule has 1 aromatic carbocycles. The second kappa shape index (κ2) is 6.89. The quantitative estimate of drug-likeness (QED) is 0.739. The first kappa shape index (κ1) is 15.2. The molecule has 0 saturated carbocycles. The van der Waals surface area contributed by atoms with E-state index in [0.717, 1.165) is 16.8 Å². The molecule has 0 heterocycles. The molecule has 0 spiro atoms. The number of hydrogen-bond donors (Lipinski definition) is 3. The van der Waals surface area contributed by atoms with E-state index in [1.54, 1.807) is 7.05 Å². The summed E-state index contributed by atoms with van der Waals surface area (Å²) >= 11 is 0. The maximum atomic E-state index is 11.8. The number of carbonyl (C=O) groups excluding carboxylic acids is 2. The zero-order chi connectivity index (χ0) is 14.4. The standard InChI is InChI=1S/C14H21N3O2/c1-9-5-10(2)14(11(3)6-9)17-13(19)8-16-7-12(18)15-4/h5-6,16H,7-8H2,1-4H3,(H,15,18)(H,17,19). The van der Waals surface area contributed by atoms with Crippen LogP contribution in [0.5, 0.6) is 0 Å². The Hall–Kier alpha value is -1.88. The molecule has 0 saturated heterocycles. The van der Waals surface area contributed by atoms with Gasteiger partial charge in [0.25, 0.3) is 0 Å². The Bertz CT molecular complexity index is 461. The van der Waals surface area contributed by atoms with Gasteiger partial charge in [-0.25, -0.2) is 0 Å². The monoisotopic (exact) mass is 263 g/mol. The van der Waals surface area contributed by atoms with Crippen molar-refractivity contribution in [2.75, 3.05) is 25.5 Å². The van der Waals surface area contributed by atoms with Gasteiger partial charge in [-0.05, 0) is 31.9 Å². The van der Waals surface area contributed by atoms with Gasteiger partial charge in [-0.15, -0.1) is 0 Å². The zero-order valence-corrected chi connectivity index (χ0v) is 11.9. The maximum Gasteiger partial charge on any atom is 0.238 e. The smallest absolute Gasteiger partial charge is 0.238 e. The summed E-state index contributed by atoms with van der Waals surface area (Å²) in [5.74, 6) is -0.297. The zero-order valence-electron chi connectivity index (χ0n) is 11.9. The number of rotatable bonds is 5. The Morgan fingerprint density at radius 1 is 1.00 bits per heavy atom. The fourth-order valence-electron chi connectivity index (χ4n) is 1.94. The summed E-state index contributed by atoms with van der Waals surface area (Å²) in [6.07, 6.45) is 0. The fourth-order valence-corrected chi connectivity index (χ4v) is 1.94. The second-order valence-electron chi connectivity index (χ2n) is 4.60. The molecule has 104 valence electrons. The molecule has 0 aliphatic rings. The molecular formula is C14H21N3O2. The molecular weight excluding hydrogens is 242 g/mol. The van der Waals surface area contributed by atoms with Crippen molar-refractivity contribution >= 4 is 17.5 Å². The van der Waals surface area contributed by atoms with Crippen molar-refractivity contribution in [2.24, 2.45) is 0 Å². The first-order chi connectivity index (χ1) is 8.93. The predicted molar refractivity (Wildman–Crippen MR) is 76.2 cm³/mol. The van der Waals surface area contributed by atoms with Gasteiger partial charge >= 0.3 is 0 Å². The Morgan fingerprint density at radius 3 is 2.05 bits per heavy atom. The Kier molecular flexibility index (Phi) is 5.51. The number of carbonyl (C=O) groups is 2. The van der Waals surface area contributed by atoms with Gasteiger partial charge in [0.15, 0.2) is 0 Å². The van der Waals surface area contributed by atoms with E-state index in [1.807, 2.05) is 32.9 Å². The summed E-state index contributed by atoms with van der Waals surface area (Å²) in [6.45, 7) is 6.20. The van der Waals surface area contributed by atoms with Gasteiger partial charge < -0.3 is 10.6 Å². The third-order valence-corrected chi connectivity index (χ3v) is 2.79. The van der Waals surface area contributed by atoms with Gasteiger partial charge in [0.05, 0.1) is 13.1 Å². The van der Waals surface area contributed by atoms with E-state index in [1.165, 1.54) is 5.56 Å². The second-order valence-corrected chi connectivity index (χ2v) is 4.60. The van der Waals surface area contributed by atoms with Gasteiger partial charge in [-0.1, -0.05) is 17.7 Å². The van der Waals surface area contributed by atoms with Crippen molar-refractivity contribution in [2.45, 2.75) is 20.8 Å². The first-order valence-electron chi connectivity index (χ1n) is 6.23. The van der Waals surface area contributed by atoms with E-state index in [4.69, 9.17) is 0 Å². The molecule has 1 rings (SSSR count). The van der Waals surface area contributed by atoms with Gasteiger partial charge in [-0.2, -0.15) is 0 Å². The lowest BCUT2D eigenvalue weighted by Gasteiger charge is -2.13. The summed E-state index contributed by atoms with van der Waals surface area (Å²) < 4.78 is 0. The SMILES string of the molecule is CNC(=O)CNCC(=O)Nc1c(C)cc(C)cc1C. The molecule has 0 fully saturated rings. The number of aryl methyl sites for hydroxylation is 3. The van der Waals surface area contributed by atoms with E-state index in [-0.39, 0.29) is 24.9 Å². The van der Waals surface area contributed by atoms with Crippen LogP contribution in [0.25, 0.3) is 0 Å². The number of nitrogens with one attached hydrogen (secondary N) is 3. The molecule has 0 aromatic heterocycles. The van der Waals surface area contributed by atoms with Crippen LogP contribution in [0.3, 0.4) is 0 Å². The summed E-state index contributed by atoms with van der Waals surface area (Å²) in [7, 11) is 1.56. The molecule has 3 N–H and O–H groups in total. The first-order valence-corrected chi connectivity index (χ1v) is 6.23. The number of likely N-dealkylation sites (N-methyl/N-ethyl adjacent to an activating group) is 1. The van der Waals surface area contributed by atoms with Gasteiger partial charge in [-0.3, -0.25) is 14.9 Å². The van der Waals surface area contributed by atoms with E-state index >= 15 is 0 Å². The fraction of sp³-hybridized carbons (Fsp3) is 0.429. The number of benzene rings is 1. The third kappa shape index (κ3) is 4.71. The molecule has 5 heteroatoms. The Morgan fingerprint density at radius 2 is 1.53 bits per heavy atom. The molecule has 0 unspecified atom stereocenters. The van der Waals surface area contributed by atoms with Crippen molar-refractivity contribution < 1.29 is 9.59 Å². The molecule has 0 aliphatic heterocycles. The average molecular weight is 263 g/mol. The number of hydrogen-bond acceptors (Lipinski definition) is 3. The number of anilines is 1. The maximum absolute atomic E-state index is 11.8. The highest BCUT2D eigenvalue weighted by atomic mass is 16.2. The normalized spacial score (nSPS) is 10.1. The summed E-state index contributed by atoms with van der Waals surface area (Å²) in [6, 6.07) is 4.06. The van der Waals surface area contributed by atoms with Crippen LogP contribution in [0.4, 0.5) is 5.69 Å². The van der Waals surface area contributed by atoms with E-state index in [0.29, 0.717) is 0 Å². The van der Waals surface area contributed by atoms with Crippen LogP contribution in [0.2, 0.25) is 0 Å². The minimum atomic E-state index is -0.154. The van der Waals surface area contributed by atoms with Crippen molar-refractivity contribution in [3.63, 3.8) is 0 Å². The van der Waals surface area contributed by atoms with E-state index in [9.17, 15) is 9.59 Å². The highest BCUT2D eigenvalue weighted by Gasteiger charge is 2.08. The van der Waals surface area contributed by atoms with E-state index in [2.05, 4.69) is 16.0 Å². The summed E-state index contributed by atoms with van der Waals surface area (Å²) in [5.41, 5.74) is 4.09. The largest absolute Gasteiger partial charge is 0.358 e. The molecule has 0 bridgehead atoms. The van der Waals surface area contributed by atoms with Gasteiger partial charge in [0, 0.05) is 12.7 Å². The Balaban J connectivity index is 2.56. The topological polar surface area (TPSA) is 70.2 Å².